The van der Waals surface area contributed by atoms with E-state index in [-0.39, 0.29) is 0 Å². The van der Waals surface area contributed by atoms with Gasteiger partial charge < -0.3 is 0 Å². The van der Waals surface area contributed by atoms with Gasteiger partial charge >= 0.3 is 0 Å². The Bertz CT molecular complexity index is 299. The van der Waals surface area contributed by atoms with Crippen LogP contribution in [0.4, 0.5) is 0 Å². The molecule has 1 aliphatic rings. The normalized spacial score (nSPS) is 24.8. The lowest BCUT2D eigenvalue weighted by atomic mass is 10.0. The Balaban J connectivity index is 1.72. The number of benzene rings is 1. The second kappa shape index (κ2) is 6.02. The third kappa shape index (κ3) is 3.06. The van der Waals surface area contributed by atoms with E-state index in [0.29, 0.717) is 12.6 Å². The fourth-order valence-electron chi connectivity index (χ4n) is 2.49. The molecule has 1 aliphatic carbocycles. The zero-order valence-electron chi connectivity index (χ0n) is 9.99. The van der Waals surface area contributed by atoms with Crippen molar-refractivity contribution in [3.8, 4) is 0 Å². The molecule has 1 saturated carbocycles. The van der Waals surface area contributed by atoms with Gasteiger partial charge in [0.1, 0.15) is 0 Å². The van der Waals surface area contributed by atoms with Crippen LogP contribution in [-0.2, 0) is 11.4 Å². The summed E-state index contributed by atoms with van der Waals surface area (Å²) in [4.78, 5) is 5.59. The maximum absolute atomic E-state index is 5.59. The van der Waals surface area contributed by atoms with Crippen LogP contribution in [0.25, 0.3) is 0 Å². The first-order valence-corrected chi connectivity index (χ1v) is 6.31. The van der Waals surface area contributed by atoms with Crippen LogP contribution in [0.5, 0.6) is 0 Å². The van der Waals surface area contributed by atoms with Crippen molar-refractivity contribution in [1.29, 1.82) is 0 Å². The molecule has 0 saturated heterocycles. The molecule has 0 bridgehead atoms. The van der Waals surface area contributed by atoms with Crippen molar-refractivity contribution < 1.29 is 4.84 Å². The van der Waals surface area contributed by atoms with Gasteiger partial charge in [0, 0.05) is 6.04 Å². The van der Waals surface area contributed by atoms with Crippen LogP contribution >= 0.6 is 0 Å². The fourth-order valence-corrected chi connectivity index (χ4v) is 2.49. The summed E-state index contributed by atoms with van der Waals surface area (Å²) < 4.78 is 0. The van der Waals surface area contributed by atoms with Crippen molar-refractivity contribution in [2.45, 2.75) is 45.3 Å². The van der Waals surface area contributed by atoms with Crippen molar-refractivity contribution in [2.75, 3.05) is 0 Å². The summed E-state index contributed by atoms with van der Waals surface area (Å²) >= 11 is 0. The van der Waals surface area contributed by atoms with Crippen LogP contribution in [0.15, 0.2) is 30.3 Å². The molecule has 0 radical (unpaired) electrons. The van der Waals surface area contributed by atoms with Crippen LogP contribution in [-0.4, -0.2) is 6.04 Å². The summed E-state index contributed by atoms with van der Waals surface area (Å²) in [5.74, 6) is 0.802. The number of rotatable bonds is 5. The summed E-state index contributed by atoms with van der Waals surface area (Å²) in [6.07, 6.45) is 5.20. The monoisotopic (exact) mass is 219 g/mol. The van der Waals surface area contributed by atoms with Crippen molar-refractivity contribution in [2.24, 2.45) is 5.92 Å². The Morgan fingerprint density at radius 3 is 2.81 bits per heavy atom. The predicted octanol–water partition coefficient (Wildman–Crippen LogP) is 3.29. The summed E-state index contributed by atoms with van der Waals surface area (Å²) in [6.45, 7) is 2.93. The molecule has 0 spiro atoms. The van der Waals surface area contributed by atoms with Crippen LogP contribution in [0, 0.1) is 5.92 Å². The van der Waals surface area contributed by atoms with E-state index in [2.05, 4.69) is 24.5 Å². The Morgan fingerprint density at radius 2 is 2.06 bits per heavy atom. The third-order valence-electron chi connectivity index (χ3n) is 3.50. The Kier molecular flexibility index (Phi) is 4.37. The highest BCUT2D eigenvalue weighted by Crippen LogP contribution is 2.27. The predicted molar refractivity (Wildman–Crippen MR) is 65.8 cm³/mol. The molecule has 2 unspecified atom stereocenters. The van der Waals surface area contributed by atoms with E-state index in [1.54, 1.807) is 0 Å². The molecule has 1 aromatic carbocycles. The zero-order valence-corrected chi connectivity index (χ0v) is 9.99. The van der Waals surface area contributed by atoms with E-state index in [9.17, 15) is 0 Å². The third-order valence-corrected chi connectivity index (χ3v) is 3.50. The largest absolute Gasteiger partial charge is 0.297 e. The molecule has 0 aromatic heterocycles. The molecule has 0 heterocycles. The molecule has 2 atom stereocenters. The van der Waals surface area contributed by atoms with Gasteiger partial charge in [0.25, 0.3) is 0 Å². The van der Waals surface area contributed by atoms with Crippen molar-refractivity contribution in [3.63, 3.8) is 0 Å². The lowest BCUT2D eigenvalue weighted by Gasteiger charge is -2.19. The number of hydrogen-bond acceptors (Lipinski definition) is 2. The van der Waals surface area contributed by atoms with Gasteiger partial charge in [-0.15, -0.1) is 0 Å². The minimum atomic E-state index is 0.564. The molecule has 2 rings (SSSR count). The molecular formula is C14H21NO. The van der Waals surface area contributed by atoms with E-state index >= 15 is 0 Å². The molecule has 1 aromatic rings. The molecule has 2 heteroatoms. The van der Waals surface area contributed by atoms with Crippen LogP contribution in [0.1, 0.15) is 38.2 Å². The molecular weight excluding hydrogens is 198 g/mol. The van der Waals surface area contributed by atoms with Gasteiger partial charge in [-0.3, -0.25) is 4.84 Å². The standard InChI is InChI=1S/C14H21NO/c1-2-13-9-6-10-14(13)15-16-11-12-7-4-3-5-8-12/h3-5,7-8,13-15H,2,6,9-11H2,1H3. The smallest absolute Gasteiger partial charge is 0.0933 e. The fraction of sp³-hybridized carbons (Fsp3) is 0.571. The maximum atomic E-state index is 5.59. The molecule has 16 heavy (non-hydrogen) atoms. The second-order valence-corrected chi connectivity index (χ2v) is 4.60. The Morgan fingerprint density at radius 1 is 1.25 bits per heavy atom. The van der Waals surface area contributed by atoms with Crippen molar-refractivity contribution >= 4 is 0 Å². The highest BCUT2D eigenvalue weighted by atomic mass is 16.6. The highest BCUT2D eigenvalue weighted by Gasteiger charge is 2.25. The number of hydroxylamine groups is 1. The van der Waals surface area contributed by atoms with E-state index in [1.807, 2.05) is 18.2 Å². The van der Waals surface area contributed by atoms with Gasteiger partial charge in [0.2, 0.25) is 0 Å². The zero-order chi connectivity index (χ0) is 11.2. The molecule has 1 fully saturated rings. The van der Waals surface area contributed by atoms with Crippen LogP contribution in [0.3, 0.4) is 0 Å². The summed E-state index contributed by atoms with van der Waals surface area (Å²) in [6, 6.07) is 10.9. The first kappa shape index (κ1) is 11.6. The molecule has 1 N–H and O–H groups in total. The maximum Gasteiger partial charge on any atom is 0.0933 e. The lowest BCUT2D eigenvalue weighted by molar-refractivity contribution is -0.00536. The van der Waals surface area contributed by atoms with Crippen LogP contribution < -0.4 is 5.48 Å². The first-order chi connectivity index (χ1) is 7.90. The minimum Gasteiger partial charge on any atom is -0.297 e. The summed E-state index contributed by atoms with van der Waals surface area (Å²) in [5.41, 5.74) is 4.45. The van der Waals surface area contributed by atoms with Gasteiger partial charge in [-0.1, -0.05) is 50.1 Å². The summed E-state index contributed by atoms with van der Waals surface area (Å²) in [5, 5.41) is 0. The second-order valence-electron chi connectivity index (χ2n) is 4.60. The average molecular weight is 219 g/mol. The van der Waals surface area contributed by atoms with Gasteiger partial charge in [-0.05, 0) is 24.3 Å². The summed E-state index contributed by atoms with van der Waals surface area (Å²) in [7, 11) is 0. The molecule has 88 valence electrons. The van der Waals surface area contributed by atoms with E-state index < -0.39 is 0 Å². The first-order valence-electron chi connectivity index (χ1n) is 6.31. The van der Waals surface area contributed by atoms with Gasteiger partial charge in [0.05, 0.1) is 6.61 Å². The quantitative estimate of drug-likeness (QED) is 0.767. The highest BCUT2D eigenvalue weighted by molar-refractivity contribution is 5.13. The van der Waals surface area contributed by atoms with Crippen molar-refractivity contribution in [3.05, 3.63) is 35.9 Å². The molecule has 0 aliphatic heterocycles. The topological polar surface area (TPSA) is 21.3 Å². The van der Waals surface area contributed by atoms with Crippen LogP contribution in [0.2, 0.25) is 0 Å². The lowest BCUT2D eigenvalue weighted by Crippen LogP contribution is -2.32. The van der Waals surface area contributed by atoms with Gasteiger partial charge in [0.15, 0.2) is 0 Å². The minimum absolute atomic E-state index is 0.564. The Labute approximate surface area is 98.0 Å². The molecule has 2 nitrogen and oxygen atoms in total. The molecule has 0 amide bonds. The van der Waals surface area contributed by atoms with E-state index in [0.717, 1.165) is 5.92 Å². The van der Waals surface area contributed by atoms with E-state index in [4.69, 9.17) is 4.84 Å². The number of hydrogen-bond donors (Lipinski definition) is 1. The number of nitrogens with one attached hydrogen (secondary N) is 1. The average Bonchev–Trinajstić information content (AvgIpc) is 2.78. The SMILES string of the molecule is CCC1CCCC1NOCc1ccccc1. The van der Waals surface area contributed by atoms with E-state index in [1.165, 1.54) is 31.2 Å². The van der Waals surface area contributed by atoms with Gasteiger partial charge in [-0.25, -0.2) is 0 Å². The van der Waals surface area contributed by atoms with Crippen molar-refractivity contribution in [1.82, 2.24) is 5.48 Å². The van der Waals surface area contributed by atoms with Gasteiger partial charge in [-0.2, -0.15) is 5.48 Å². The Hall–Kier alpha value is -0.860.